The molecule has 2 atom stereocenters. The van der Waals surface area contributed by atoms with E-state index in [2.05, 4.69) is 10.1 Å². The summed E-state index contributed by atoms with van der Waals surface area (Å²) in [5, 5.41) is 14.4. The van der Waals surface area contributed by atoms with Crippen LogP contribution in [0, 0.1) is 0 Å². The second-order valence-corrected chi connectivity index (χ2v) is 7.31. The molecule has 150 valence electrons. The first kappa shape index (κ1) is 18.5. The normalized spacial score (nSPS) is 16.8. The highest BCUT2D eigenvalue weighted by Crippen LogP contribution is 2.38. The number of amides is 1. The van der Waals surface area contributed by atoms with Gasteiger partial charge in [-0.05, 0) is 25.1 Å². The van der Waals surface area contributed by atoms with Gasteiger partial charge in [0.2, 0.25) is 0 Å². The smallest absolute Gasteiger partial charge is 0.272 e. The van der Waals surface area contributed by atoms with E-state index in [1.165, 1.54) is 9.47 Å². The molecule has 0 fully saturated rings. The van der Waals surface area contributed by atoms with Gasteiger partial charge in [0.15, 0.2) is 11.4 Å². The van der Waals surface area contributed by atoms with Crippen LogP contribution in [0.5, 0.6) is 0 Å². The highest BCUT2D eigenvalue weighted by atomic mass is 35.5. The standard InChI is InChI=1S/C21H15ClN4O4/c1-11(25-19(27)13-9-5-6-10-14(13)20(25)28)17-23-18-15(16(22)24-30-18)21(29)26(17)12-7-3-2-4-8-12/h2-11,19,27H,1H3. The number of aromatic nitrogens is 3. The Kier molecular flexibility index (Phi) is 4.19. The minimum Gasteiger partial charge on any atom is -0.369 e. The van der Waals surface area contributed by atoms with E-state index in [9.17, 15) is 14.7 Å². The van der Waals surface area contributed by atoms with Gasteiger partial charge in [0.1, 0.15) is 11.2 Å². The van der Waals surface area contributed by atoms with Gasteiger partial charge in [-0.25, -0.2) is 0 Å². The van der Waals surface area contributed by atoms with E-state index in [-0.39, 0.29) is 28.0 Å². The van der Waals surface area contributed by atoms with Crippen molar-refractivity contribution in [3.8, 4) is 5.69 Å². The van der Waals surface area contributed by atoms with Crippen molar-refractivity contribution in [3.05, 3.63) is 87.1 Å². The number of benzene rings is 2. The number of hydrogen-bond donors (Lipinski definition) is 1. The largest absolute Gasteiger partial charge is 0.369 e. The number of para-hydroxylation sites is 1. The molecular weight excluding hydrogens is 408 g/mol. The first-order chi connectivity index (χ1) is 14.5. The van der Waals surface area contributed by atoms with Crippen LogP contribution in [0.2, 0.25) is 5.15 Å². The fourth-order valence-electron chi connectivity index (χ4n) is 3.82. The molecule has 30 heavy (non-hydrogen) atoms. The van der Waals surface area contributed by atoms with E-state index in [1.807, 2.05) is 6.07 Å². The van der Waals surface area contributed by atoms with Crippen molar-refractivity contribution in [1.29, 1.82) is 0 Å². The number of rotatable bonds is 3. The zero-order chi connectivity index (χ0) is 21.0. The lowest BCUT2D eigenvalue weighted by Gasteiger charge is -2.29. The number of fused-ring (bicyclic) bond motifs is 2. The summed E-state index contributed by atoms with van der Waals surface area (Å²) in [6.07, 6.45) is -1.17. The molecule has 0 spiro atoms. The van der Waals surface area contributed by atoms with Crippen molar-refractivity contribution in [3.63, 3.8) is 0 Å². The minimum absolute atomic E-state index is 0.0299. The van der Waals surface area contributed by atoms with Crippen LogP contribution in [0.4, 0.5) is 0 Å². The van der Waals surface area contributed by atoms with Crippen LogP contribution < -0.4 is 5.56 Å². The number of aliphatic hydroxyl groups excluding tert-OH is 1. The maximum Gasteiger partial charge on any atom is 0.272 e. The molecule has 1 aliphatic heterocycles. The van der Waals surface area contributed by atoms with Crippen molar-refractivity contribution in [2.45, 2.75) is 19.2 Å². The Morgan fingerprint density at radius 2 is 1.80 bits per heavy atom. The number of hydrogen-bond acceptors (Lipinski definition) is 6. The molecule has 2 aromatic heterocycles. The summed E-state index contributed by atoms with van der Waals surface area (Å²) in [7, 11) is 0. The second kappa shape index (κ2) is 6.79. The average molecular weight is 423 g/mol. The van der Waals surface area contributed by atoms with Crippen LogP contribution >= 0.6 is 11.6 Å². The van der Waals surface area contributed by atoms with Crippen molar-refractivity contribution < 1.29 is 14.4 Å². The highest BCUT2D eigenvalue weighted by Gasteiger charge is 2.40. The van der Waals surface area contributed by atoms with Gasteiger partial charge in [-0.1, -0.05) is 53.2 Å². The molecule has 1 N–H and O–H groups in total. The summed E-state index contributed by atoms with van der Waals surface area (Å²) in [4.78, 5) is 32.1. The summed E-state index contributed by atoms with van der Waals surface area (Å²) < 4.78 is 6.48. The maximum atomic E-state index is 13.3. The molecule has 0 saturated carbocycles. The van der Waals surface area contributed by atoms with E-state index in [1.54, 1.807) is 55.5 Å². The molecule has 0 bridgehead atoms. The molecule has 0 saturated heterocycles. The summed E-state index contributed by atoms with van der Waals surface area (Å²) in [6, 6.07) is 14.9. The molecule has 2 unspecified atom stereocenters. The molecule has 0 radical (unpaired) electrons. The lowest BCUT2D eigenvalue weighted by atomic mass is 10.1. The fourth-order valence-corrected chi connectivity index (χ4v) is 4.02. The third-order valence-electron chi connectivity index (χ3n) is 5.27. The van der Waals surface area contributed by atoms with Gasteiger partial charge in [-0.3, -0.25) is 19.1 Å². The molecular formula is C21H15ClN4O4. The quantitative estimate of drug-likeness (QED) is 0.544. The van der Waals surface area contributed by atoms with Gasteiger partial charge >= 0.3 is 0 Å². The Balaban J connectivity index is 1.73. The number of aliphatic hydroxyl groups is 1. The van der Waals surface area contributed by atoms with Gasteiger partial charge in [0.05, 0.1) is 11.7 Å². The van der Waals surface area contributed by atoms with E-state index in [4.69, 9.17) is 16.1 Å². The van der Waals surface area contributed by atoms with Crippen LogP contribution in [-0.2, 0) is 0 Å². The first-order valence-corrected chi connectivity index (χ1v) is 9.59. The zero-order valence-electron chi connectivity index (χ0n) is 15.7. The molecule has 4 aromatic rings. The molecule has 2 aromatic carbocycles. The van der Waals surface area contributed by atoms with Crippen LogP contribution in [0.15, 0.2) is 63.9 Å². The summed E-state index contributed by atoms with van der Waals surface area (Å²) in [5.74, 6) is -0.137. The monoisotopic (exact) mass is 422 g/mol. The minimum atomic E-state index is -1.17. The number of carbonyl (C=O) groups is 1. The lowest BCUT2D eigenvalue weighted by molar-refractivity contribution is -0.00241. The van der Waals surface area contributed by atoms with Gasteiger partial charge < -0.3 is 9.63 Å². The molecule has 9 heteroatoms. The first-order valence-electron chi connectivity index (χ1n) is 9.22. The third kappa shape index (κ3) is 2.58. The van der Waals surface area contributed by atoms with Crippen LogP contribution in [-0.4, -0.2) is 30.6 Å². The van der Waals surface area contributed by atoms with Crippen LogP contribution in [0.25, 0.3) is 16.8 Å². The van der Waals surface area contributed by atoms with Crippen LogP contribution in [0.1, 0.15) is 40.9 Å². The Morgan fingerprint density at radius 1 is 1.10 bits per heavy atom. The Labute approximate surface area is 174 Å². The zero-order valence-corrected chi connectivity index (χ0v) is 16.4. The maximum absolute atomic E-state index is 13.3. The highest BCUT2D eigenvalue weighted by molar-refractivity contribution is 6.33. The van der Waals surface area contributed by atoms with Gasteiger partial charge in [0.25, 0.3) is 17.2 Å². The topological polar surface area (TPSA) is 101 Å². The van der Waals surface area contributed by atoms with Crippen molar-refractivity contribution in [2.24, 2.45) is 0 Å². The average Bonchev–Trinajstić information content (AvgIpc) is 3.26. The molecule has 5 rings (SSSR count). The van der Waals surface area contributed by atoms with Crippen LogP contribution in [0.3, 0.4) is 0 Å². The number of carbonyl (C=O) groups excluding carboxylic acids is 1. The lowest BCUT2D eigenvalue weighted by Crippen LogP contribution is -2.35. The summed E-state index contributed by atoms with van der Waals surface area (Å²) in [5.41, 5.74) is 0.950. The van der Waals surface area contributed by atoms with E-state index < -0.39 is 17.8 Å². The summed E-state index contributed by atoms with van der Waals surface area (Å²) >= 11 is 6.04. The van der Waals surface area contributed by atoms with E-state index in [0.717, 1.165) is 0 Å². The van der Waals surface area contributed by atoms with Crippen molar-refractivity contribution in [1.82, 2.24) is 19.6 Å². The van der Waals surface area contributed by atoms with E-state index >= 15 is 0 Å². The molecule has 0 aliphatic carbocycles. The molecule has 8 nitrogen and oxygen atoms in total. The van der Waals surface area contributed by atoms with E-state index in [0.29, 0.717) is 16.8 Å². The molecule has 3 heterocycles. The Bertz CT molecular complexity index is 1350. The number of halogens is 1. The third-order valence-corrected chi connectivity index (χ3v) is 5.53. The molecule has 1 aliphatic rings. The Hall–Kier alpha value is -3.49. The Morgan fingerprint density at radius 3 is 2.53 bits per heavy atom. The summed E-state index contributed by atoms with van der Waals surface area (Å²) in [6.45, 7) is 1.69. The van der Waals surface area contributed by atoms with Gasteiger partial charge in [-0.15, -0.1) is 0 Å². The molecule has 1 amide bonds. The number of nitrogens with zero attached hydrogens (tertiary/aromatic N) is 4. The predicted octanol–water partition coefficient (Wildman–Crippen LogP) is 3.24. The SMILES string of the molecule is CC(c1nc2onc(Cl)c2c(=O)n1-c1ccccc1)N1C(=O)c2ccccc2C1O. The predicted molar refractivity (Wildman–Crippen MR) is 108 cm³/mol. The van der Waals surface area contributed by atoms with Gasteiger partial charge in [0, 0.05) is 11.1 Å². The fraction of sp³-hybridized carbons (Fsp3) is 0.143. The second-order valence-electron chi connectivity index (χ2n) is 6.95. The van der Waals surface area contributed by atoms with Gasteiger partial charge in [-0.2, -0.15) is 4.98 Å². The van der Waals surface area contributed by atoms with Crippen molar-refractivity contribution >= 4 is 28.6 Å². The van der Waals surface area contributed by atoms with Crippen molar-refractivity contribution in [2.75, 3.05) is 0 Å².